The van der Waals surface area contributed by atoms with Crippen LogP contribution in [-0.2, 0) is 0 Å². The number of nitrogens with zero attached hydrogens (tertiary/aromatic N) is 5. The molecule has 0 unspecified atom stereocenters. The van der Waals surface area contributed by atoms with Crippen molar-refractivity contribution in [2.45, 2.75) is 0 Å². The van der Waals surface area contributed by atoms with Gasteiger partial charge in [-0.3, -0.25) is 4.98 Å². The van der Waals surface area contributed by atoms with E-state index in [1.165, 1.54) is 12.3 Å². The van der Waals surface area contributed by atoms with Gasteiger partial charge < -0.3 is 4.90 Å². The van der Waals surface area contributed by atoms with Gasteiger partial charge >= 0.3 is 0 Å². The fourth-order valence-corrected chi connectivity index (χ4v) is 2.83. The topological polar surface area (TPSA) is 46.3 Å². The van der Waals surface area contributed by atoms with E-state index in [4.69, 9.17) is 11.6 Å². The van der Waals surface area contributed by atoms with Gasteiger partial charge in [0.15, 0.2) is 5.65 Å². The number of fused-ring (bicyclic) bond motifs is 1. The van der Waals surface area contributed by atoms with Crippen molar-refractivity contribution >= 4 is 28.8 Å². The van der Waals surface area contributed by atoms with Gasteiger partial charge in [-0.2, -0.15) is 9.61 Å². The summed E-state index contributed by atoms with van der Waals surface area (Å²) in [5.41, 5.74) is 2.28. The van der Waals surface area contributed by atoms with Crippen LogP contribution in [-0.4, -0.2) is 26.6 Å². The molecule has 0 spiro atoms. The number of anilines is 2. The Morgan fingerprint density at radius 3 is 2.64 bits per heavy atom. The minimum Gasteiger partial charge on any atom is -0.329 e. The molecule has 0 aliphatic heterocycles. The normalized spacial score (nSPS) is 11.0. The van der Waals surface area contributed by atoms with Crippen molar-refractivity contribution in [2.24, 2.45) is 0 Å². The number of pyridine rings is 1. The smallest absolute Gasteiger partial charge is 0.176 e. The molecule has 0 fully saturated rings. The molecule has 0 bridgehead atoms. The molecule has 0 atom stereocenters. The SMILES string of the molecule is CN(c1ccncc1)c1cc(-c2ccccc2F)nc2c(Cl)cnn12. The zero-order chi connectivity index (χ0) is 17.4. The van der Waals surface area contributed by atoms with Crippen molar-refractivity contribution in [3.05, 3.63) is 71.9 Å². The molecule has 0 aliphatic carbocycles. The maximum atomic E-state index is 14.2. The van der Waals surface area contributed by atoms with Crippen LogP contribution in [0.25, 0.3) is 16.9 Å². The molecule has 0 amide bonds. The Bertz CT molecular complexity index is 1050. The summed E-state index contributed by atoms with van der Waals surface area (Å²) in [6.07, 6.45) is 4.94. The molecule has 3 aromatic heterocycles. The van der Waals surface area contributed by atoms with Crippen LogP contribution in [0.1, 0.15) is 0 Å². The second-order valence-corrected chi connectivity index (χ2v) is 5.88. The van der Waals surface area contributed by atoms with Crippen LogP contribution in [0, 0.1) is 5.82 Å². The van der Waals surface area contributed by atoms with Crippen molar-refractivity contribution in [3.63, 3.8) is 0 Å². The van der Waals surface area contributed by atoms with Crippen molar-refractivity contribution in [2.75, 3.05) is 11.9 Å². The summed E-state index contributed by atoms with van der Waals surface area (Å²) < 4.78 is 15.9. The van der Waals surface area contributed by atoms with E-state index in [0.717, 1.165) is 5.69 Å². The maximum Gasteiger partial charge on any atom is 0.176 e. The molecule has 7 heteroatoms. The van der Waals surface area contributed by atoms with E-state index < -0.39 is 0 Å². The van der Waals surface area contributed by atoms with Crippen molar-refractivity contribution in [3.8, 4) is 11.3 Å². The maximum absolute atomic E-state index is 14.2. The van der Waals surface area contributed by atoms with Crippen LogP contribution in [0.2, 0.25) is 5.02 Å². The Morgan fingerprint density at radius 1 is 1.12 bits per heavy atom. The quantitative estimate of drug-likeness (QED) is 0.549. The molecule has 0 aliphatic rings. The van der Waals surface area contributed by atoms with Gasteiger partial charge in [0.05, 0.1) is 11.9 Å². The first kappa shape index (κ1) is 15.5. The van der Waals surface area contributed by atoms with Crippen LogP contribution in [0.3, 0.4) is 0 Å². The Labute approximate surface area is 148 Å². The van der Waals surface area contributed by atoms with Gasteiger partial charge in [-0.15, -0.1) is 0 Å². The number of halogens is 2. The summed E-state index contributed by atoms with van der Waals surface area (Å²) >= 11 is 6.23. The van der Waals surface area contributed by atoms with Crippen molar-refractivity contribution in [1.82, 2.24) is 19.6 Å². The fraction of sp³-hybridized carbons (Fsp3) is 0.0556. The minimum atomic E-state index is -0.340. The summed E-state index contributed by atoms with van der Waals surface area (Å²) in [5, 5.41) is 4.70. The lowest BCUT2D eigenvalue weighted by atomic mass is 10.1. The highest BCUT2D eigenvalue weighted by molar-refractivity contribution is 6.33. The zero-order valence-corrected chi connectivity index (χ0v) is 14.0. The van der Waals surface area contributed by atoms with Gasteiger partial charge in [0, 0.05) is 36.8 Å². The number of aromatic nitrogens is 4. The van der Waals surface area contributed by atoms with Crippen LogP contribution in [0.15, 0.2) is 61.1 Å². The summed E-state index contributed by atoms with van der Waals surface area (Å²) in [6, 6.07) is 12.1. The number of rotatable bonds is 3. The lowest BCUT2D eigenvalue weighted by molar-refractivity contribution is 0.630. The molecule has 0 N–H and O–H groups in total. The van der Waals surface area contributed by atoms with E-state index in [9.17, 15) is 4.39 Å². The van der Waals surface area contributed by atoms with Gasteiger partial charge in [-0.05, 0) is 24.3 Å². The van der Waals surface area contributed by atoms with Crippen LogP contribution >= 0.6 is 11.6 Å². The zero-order valence-electron chi connectivity index (χ0n) is 13.3. The van der Waals surface area contributed by atoms with E-state index >= 15 is 0 Å². The molecule has 0 radical (unpaired) electrons. The summed E-state index contributed by atoms with van der Waals surface area (Å²) in [5.74, 6) is 0.369. The molecule has 1 aromatic carbocycles. The second-order valence-electron chi connectivity index (χ2n) is 5.47. The van der Waals surface area contributed by atoms with Gasteiger partial charge in [-0.25, -0.2) is 9.37 Å². The third-order valence-corrected chi connectivity index (χ3v) is 4.22. The predicted octanol–water partition coefficient (Wildman–Crippen LogP) is 4.35. The Morgan fingerprint density at radius 2 is 1.88 bits per heavy atom. The van der Waals surface area contributed by atoms with E-state index in [0.29, 0.717) is 27.7 Å². The lowest BCUT2D eigenvalue weighted by Gasteiger charge is -2.20. The first-order valence-electron chi connectivity index (χ1n) is 7.58. The largest absolute Gasteiger partial charge is 0.329 e. The van der Waals surface area contributed by atoms with Crippen LogP contribution < -0.4 is 4.90 Å². The number of hydrogen-bond donors (Lipinski definition) is 0. The fourth-order valence-electron chi connectivity index (χ4n) is 2.67. The molecular formula is C18H13ClFN5. The molecule has 0 saturated carbocycles. The molecule has 124 valence electrons. The van der Waals surface area contributed by atoms with Crippen molar-refractivity contribution < 1.29 is 4.39 Å². The monoisotopic (exact) mass is 353 g/mol. The highest BCUT2D eigenvalue weighted by Gasteiger charge is 2.17. The Balaban J connectivity index is 1.96. The molecular weight excluding hydrogens is 341 g/mol. The minimum absolute atomic E-state index is 0.340. The molecule has 4 aromatic rings. The highest BCUT2D eigenvalue weighted by atomic mass is 35.5. The Hall–Kier alpha value is -2.99. The molecule has 5 nitrogen and oxygen atoms in total. The van der Waals surface area contributed by atoms with Gasteiger partial charge in [-0.1, -0.05) is 23.7 Å². The van der Waals surface area contributed by atoms with Crippen molar-refractivity contribution in [1.29, 1.82) is 0 Å². The third kappa shape index (κ3) is 2.70. The molecule has 4 rings (SSSR count). The number of hydrogen-bond acceptors (Lipinski definition) is 4. The first-order chi connectivity index (χ1) is 12.1. The number of benzene rings is 1. The Kier molecular flexibility index (Phi) is 3.82. The predicted molar refractivity (Wildman–Crippen MR) is 95.7 cm³/mol. The average Bonchev–Trinajstić information content (AvgIpc) is 3.02. The standard InChI is InChI=1S/C18H13ClFN5/c1-24(12-6-8-21-9-7-12)17-10-16(13-4-2-3-5-15(13)20)23-18-14(19)11-22-25(17)18/h2-11H,1H3. The lowest BCUT2D eigenvalue weighted by Crippen LogP contribution is -2.15. The van der Waals surface area contributed by atoms with Crippen LogP contribution in [0.4, 0.5) is 15.9 Å². The van der Waals surface area contributed by atoms with Crippen LogP contribution in [0.5, 0.6) is 0 Å². The van der Waals surface area contributed by atoms with E-state index in [1.807, 2.05) is 24.1 Å². The third-order valence-electron chi connectivity index (χ3n) is 3.95. The first-order valence-corrected chi connectivity index (χ1v) is 7.96. The van der Waals surface area contributed by atoms with E-state index in [-0.39, 0.29) is 5.82 Å². The highest BCUT2D eigenvalue weighted by Crippen LogP contribution is 2.31. The summed E-state index contributed by atoms with van der Waals surface area (Å²) in [6.45, 7) is 0. The summed E-state index contributed by atoms with van der Waals surface area (Å²) in [7, 11) is 1.89. The van der Waals surface area contributed by atoms with Gasteiger partial charge in [0.25, 0.3) is 0 Å². The molecule has 25 heavy (non-hydrogen) atoms. The average molecular weight is 354 g/mol. The van der Waals surface area contributed by atoms with E-state index in [2.05, 4.69) is 15.1 Å². The second kappa shape index (κ2) is 6.14. The molecule has 3 heterocycles. The van der Waals surface area contributed by atoms with Gasteiger partial charge in [0.1, 0.15) is 16.7 Å². The van der Waals surface area contributed by atoms with E-state index in [1.54, 1.807) is 41.2 Å². The molecule has 0 saturated heterocycles. The van der Waals surface area contributed by atoms with Gasteiger partial charge in [0.2, 0.25) is 0 Å². The summed E-state index contributed by atoms with van der Waals surface area (Å²) in [4.78, 5) is 10.4.